The van der Waals surface area contributed by atoms with E-state index in [0.29, 0.717) is 31.4 Å². The van der Waals surface area contributed by atoms with Gasteiger partial charge in [-0.2, -0.15) is 0 Å². The lowest BCUT2D eigenvalue weighted by Crippen LogP contribution is -2.47. The molecule has 4 N–H and O–H groups in total. The fraction of sp³-hybridized carbons (Fsp3) is 0.500. The van der Waals surface area contributed by atoms with Gasteiger partial charge in [-0.15, -0.1) is 0 Å². The average Bonchev–Trinajstić information content (AvgIpc) is 2.46. The third kappa shape index (κ3) is 4.51. The van der Waals surface area contributed by atoms with Crippen LogP contribution in [0.5, 0.6) is 5.75 Å². The molecule has 1 aliphatic heterocycles. The molecule has 2 rings (SSSR count). The van der Waals surface area contributed by atoms with Crippen LogP contribution in [0.4, 0.5) is 0 Å². The maximum Gasteiger partial charge on any atom is 0.329 e. The molecule has 1 heterocycles. The Morgan fingerprint density at radius 1 is 1.50 bits per heavy atom. The molecule has 1 unspecified atom stereocenters. The summed E-state index contributed by atoms with van der Waals surface area (Å²) in [4.78, 5) is 12.0. The Bertz CT molecular complexity index is 632. The number of carbonyl (C=O) groups is 1. The first kappa shape index (κ1) is 16.9. The van der Waals surface area contributed by atoms with Crippen LogP contribution in [0, 0.1) is 0 Å². The summed E-state index contributed by atoms with van der Waals surface area (Å²) >= 11 is 0. The Hall–Kier alpha value is -1.48. The topological polar surface area (TPSA) is 119 Å². The number of aliphatic hydroxyl groups excluding tert-OH is 1. The van der Waals surface area contributed by atoms with Gasteiger partial charge in [0.15, 0.2) is 0 Å². The van der Waals surface area contributed by atoms with Gasteiger partial charge in [-0.1, -0.05) is 12.1 Å². The smallest absolute Gasteiger partial charge is 0.329 e. The Balaban J connectivity index is 2.04. The summed E-state index contributed by atoms with van der Waals surface area (Å²) in [5.41, 5.74) is 6.00. The van der Waals surface area contributed by atoms with Crippen LogP contribution < -0.4 is 15.2 Å². The van der Waals surface area contributed by atoms with Gasteiger partial charge in [-0.25, -0.2) is 17.9 Å². The van der Waals surface area contributed by atoms with Crippen LogP contribution in [0.15, 0.2) is 24.3 Å². The van der Waals surface area contributed by atoms with Crippen LogP contribution in [0.3, 0.4) is 0 Å². The second kappa shape index (κ2) is 7.19. The molecule has 122 valence electrons. The quantitative estimate of drug-likeness (QED) is 0.519. The fourth-order valence-corrected chi connectivity index (χ4v) is 3.59. The number of nitrogens with one attached hydrogen (secondary N) is 1. The molecular formula is C14H20N2O5S. The van der Waals surface area contributed by atoms with E-state index in [1.807, 2.05) is 0 Å². The minimum absolute atomic E-state index is 0.0253. The van der Waals surface area contributed by atoms with E-state index >= 15 is 0 Å². The monoisotopic (exact) mass is 328 g/mol. The predicted octanol–water partition coefficient (Wildman–Crippen LogP) is 0.0560. The first-order chi connectivity index (χ1) is 10.4. The molecule has 1 aromatic rings. The van der Waals surface area contributed by atoms with Crippen molar-refractivity contribution in [2.24, 2.45) is 5.73 Å². The third-order valence-electron chi connectivity index (χ3n) is 3.41. The lowest BCUT2D eigenvalue weighted by atomic mass is 10.1. The van der Waals surface area contributed by atoms with Crippen LogP contribution >= 0.6 is 0 Å². The zero-order valence-corrected chi connectivity index (χ0v) is 12.9. The Labute approximate surface area is 129 Å². The molecule has 1 saturated heterocycles. The molecule has 7 nitrogen and oxygen atoms in total. The second-order valence-corrected chi connectivity index (χ2v) is 7.09. The number of nitrogens with two attached hydrogens (primary N) is 1. The van der Waals surface area contributed by atoms with Crippen LogP contribution in [-0.2, 0) is 14.8 Å². The highest BCUT2D eigenvalue weighted by Gasteiger charge is 2.30. The van der Waals surface area contributed by atoms with Crippen molar-refractivity contribution < 1.29 is 23.1 Å². The molecule has 8 heteroatoms. The zero-order valence-electron chi connectivity index (χ0n) is 12.1. The van der Waals surface area contributed by atoms with Crippen molar-refractivity contribution in [2.45, 2.75) is 31.4 Å². The van der Waals surface area contributed by atoms with Crippen LogP contribution in [0.25, 0.3) is 0 Å². The molecule has 0 spiro atoms. The molecule has 0 aromatic heterocycles. The standard InChI is InChI=1S/C14H20N2O5S/c15-7-6-13(17)10-3-1-4-11(9-10)21-14(18)12-5-2-8-22(19,20)16-12/h1,3-4,9,12-13,16-17H,2,5-8,15H2/t12?,13-/m1/s1. The van der Waals surface area contributed by atoms with E-state index in [9.17, 15) is 18.3 Å². The van der Waals surface area contributed by atoms with Crippen molar-refractivity contribution in [2.75, 3.05) is 12.3 Å². The van der Waals surface area contributed by atoms with Gasteiger partial charge in [0.05, 0.1) is 11.9 Å². The number of ether oxygens (including phenoxy) is 1. The number of rotatable bonds is 5. The molecule has 22 heavy (non-hydrogen) atoms. The van der Waals surface area contributed by atoms with Crippen molar-refractivity contribution in [3.63, 3.8) is 0 Å². The van der Waals surface area contributed by atoms with E-state index < -0.39 is 28.1 Å². The number of carbonyl (C=O) groups excluding carboxylic acids is 1. The maximum atomic E-state index is 12.0. The molecule has 0 radical (unpaired) electrons. The van der Waals surface area contributed by atoms with Crippen LogP contribution in [-0.4, -0.2) is 37.8 Å². The largest absolute Gasteiger partial charge is 0.425 e. The number of benzene rings is 1. The zero-order chi connectivity index (χ0) is 16.2. The molecule has 0 bridgehead atoms. The summed E-state index contributed by atoms with van der Waals surface area (Å²) in [5, 5.41) is 9.88. The van der Waals surface area contributed by atoms with Gasteiger partial charge in [-0.3, -0.25) is 0 Å². The summed E-state index contributed by atoms with van der Waals surface area (Å²) in [7, 11) is -3.40. The van der Waals surface area contributed by atoms with Gasteiger partial charge in [-0.05, 0) is 43.5 Å². The van der Waals surface area contributed by atoms with Gasteiger partial charge in [0, 0.05) is 0 Å². The molecule has 0 amide bonds. The Kier molecular flexibility index (Phi) is 5.52. The summed E-state index contributed by atoms with van der Waals surface area (Å²) in [5.74, 6) is -0.352. The van der Waals surface area contributed by atoms with Crippen LogP contribution in [0.2, 0.25) is 0 Å². The summed E-state index contributed by atoms with van der Waals surface area (Å²) in [6, 6.07) is 5.63. The molecular weight excluding hydrogens is 308 g/mol. The van der Waals surface area contributed by atoms with E-state index in [1.165, 1.54) is 0 Å². The number of hydrogen-bond donors (Lipinski definition) is 3. The van der Waals surface area contributed by atoms with Gasteiger partial charge < -0.3 is 15.6 Å². The van der Waals surface area contributed by atoms with E-state index in [2.05, 4.69) is 4.72 Å². The molecule has 1 fully saturated rings. The highest BCUT2D eigenvalue weighted by atomic mass is 32.2. The lowest BCUT2D eigenvalue weighted by Gasteiger charge is -2.21. The SMILES string of the molecule is NCC[C@@H](O)c1cccc(OC(=O)C2CCCS(=O)(=O)N2)c1. The second-order valence-electron chi connectivity index (χ2n) is 5.22. The predicted molar refractivity (Wildman–Crippen MR) is 80.7 cm³/mol. The third-order valence-corrected chi connectivity index (χ3v) is 4.88. The van der Waals surface area contributed by atoms with E-state index in [4.69, 9.17) is 10.5 Å². The van der Waals surface area contributed by atoms with E-state index in [1.54, 1.807) is 24.3 Å². The minimum atomic E-state index is -3.40. The maximum absolute atomic E-state index is 12.0. The number of esters is 1. The van der Waals surface area contributed by atoms with Crippen molar-refractivity contribution in [1.29, 1.82) is 0 Å². The van der Waals surface area contributed by atoms with Crippen molar-refractivity contribution in [3.8, 4) is 5.75 Å². The van der Waals surface area contributed by atoms with Gasteiger partial charge >= 0.3 is 5.97 Å². The normalized spacial score (nSPS) is 22.0. The number of aliphatic hydroxyl groups is 1. The van der Waals surface area contributed by atoms with E-state index in [0.717, 1.165) is 0 Å². The summed E-state index contributed by atoms with van der Waals surface area (Å²) in [6.07, 6.45) is 0.509. The lowest BCUT2D eigenvalue weighted by molar-refractivity contribution is -0.136. The average molecular weight is 328 g/mol. The molecule has 2 atom stereocenters. The van der Waals surface area contributed by atoms with Gasteiger partial charge in [0.2, 0.25) is 10.0 Å². The first-order valence-corrected chi connectivity index (χ1v) is 8.76. The summed E-state index contributed by atoms with van der Waals surface area (Å²) < 4.78 is 30.4. The Morgan fingerprint density at radius 3 is 2.95 bits per heavy atom. The number of hydrogen-bond acceptors (Lipinski definition) is 6. The highest BCUT2D eigenvalue weighted by Crippen LogP contribution is 2.22. The fourth-order valence-electron chi connectivity index (χ4n) is 2.28. The molecule has 0 saturated carbocycles. The first-order valence-electron chi connectivity index (χ1n) is 7.11. The van der Waals surface area contributed by atoms with Gasteiger partial charge in [0.1, 0.15) is 11.8 Å². The van der Waals surface area contributed by atoms with Crippen molar-refractivity contribution in [3.05, 3.63) is 29.8 Å². The molecule has 0 aliphatic carbocycles. The van der Waals surface area contributed by atoms with Crippen molar-refractivity contribution in [1.82, 2.24) is 4.72 Å². The van der Waals surface area contributed by atoms with Crippen molar-refractivity contribution >= 4 is 16.0 Å². The Morgan fingerprint density at radius 2 is 2.27 bits per heavy atom. The highest BCUT2D eigenvalue weighted by molar-refractivity contribution is 7.89. The summed E-state index contributed by atoms with van der Waals surface area (Å²) in [6.45, 7) is 0.342. The van der Waals surface area contributed by atoms with Crippen LogP contribution in [0.1, 0.15) is 30.9 Å². The van der Waals surface area contributed by atoms with E-state index in [-0.39, 0.29) is 11.5 Å². The molecule has 1 aliphatic rings. The van der Waals surface area contributed by atoms with Gasteiger partial charge in [0.25, 0.3) is 0 Å². The minimum Gasteiger partial charge on any atom is -0.425 e. The molecule has 1 aromatic carbocycles. The number of sulfonamides is 1.